The van der Waals surface area contributed by atoms with E-state index in [1.54, 1.807) is 0 Å². The van der Waals surface area contributed by atoms with Gasteiger partial charge in [-0.2, -0.15) is 0 Å². The molecule has 0 saturated heterocycles. The summed E-state index contributed by atoms with van der Waals surface area (Å²) in [6.45, 7) is 0.731. The number of fused-ring (bicyclic) bond motifs is 1. The summed E-state index contributed by atoms with van der Waals surface area (Å²) in [6, 6.07) is 7.67. The van der Waals surface area contributed by atoms with E-state index in [1.165, 1.54) is 0 Å². The van der Waals surface area contributed by atoms with Gasteiger partial charge in [0, 0.05) is 13.0 Å². The number of nitrogens with zero attached hydrogens (tertiary/aromatic N) is 1. The largest absolute Gasteiger partial charge is 0.367 e. The highest BCUT2D eigenvalue weighted by atomic mass is 16.5. The summed E-state index contributed by atoms with van der Waals surface area (Å²) in [4.78, 5) is 10.1. The number of benzene rings is 1. The molecule has 0 amide bonds. The molecule has 0 aliphatic heterocycles. The van der Waals surface area contributed by atoms with Gasteiger partial charge in [0.05, 0.1) is 5.39 Å². The number of rotatable bonds is 5. The molecule has 0 bridgehead atoms. The van der Waals surface area contributed by atoms with Gasteiger partial charge in [-0.25, -0.2) is 0 Å². The van der Waals surface area contributed by atoms with E-state index in [2.05, 4.69) is 10.5 Å². The molecule has 4 nitrogen and oxygen atoms in total. The lowest BCUT2D eigenvalue weighted by Gasteiger charge is -1.99. The van der Waals surface area contributed by atoms with Gasteiger partial charge in [-0.05, 0) is 18.6 Å². The number of aromatic nitrogens is 1. The maximum absolute atomic E-state index is 10.1. The lowest BCUT2D eigenvalue weighted by atomic mass is 10.2. The molecule has 2 aromatic rings. The van der Waals surface area contributed by atoms with E-state index in [1.807, 2.05) is 24.3 Å². The van der Waals surface area contributed by atoms with Crippen LogP contribution >= 0.6 is 0 Å². The highest BCUT2D eigenvalue weighted by molar-refractivity contribution is 5.87. The first kappa shape index (κ1) is 9.71. The Labute approximate surface area is 87.2 Å². The highest BCUT2D eigenvalue weighted by Gasteiger charge is 2.05. The van der Waals surface area contributed by atoms with Crippen LogP contribution in [0.1, 0.15) is 12.8 Å². The average molecular weight is 204 g/mol. The summed E-state index contributed by atoms with van der Waals surface area (Å²) < 4.78 is 5.12. The third-order valence-electron chi connectivity index (χ3n) is 2.17. The van der Waals surface area contributed by atoms with E-state index in [9.17, 15) is 4.79 Å². The summed E-state index contributed by atoms with van der Waals surface area (Å²) in [7, 11) is 0. The molecular formula is C11H12N2O2. The Morgan fingerprint density at radius 3 is 3.13 bits per heavy atom. The van der Waals surface area contributed by atoms with E-state index in [0.717, 1.165) is 36.0 Å². The fraction of sp³-hybridized carbons (Fsp3) is 0.273. The molecule has 1 aromatic carbocycles. The molecule has 0 atom stereocenters. The fourth-order valence-corrected chi connectivity index (χ4v) is 1.41. The molecule has 0 fully saturated rings. The first-order valence-electron chi connectivity index (χ1n) is 4.94. The standard InChI is InChI=1S/C11H12N2O2/c14-8-4-3-7-12-11-9-5-1-2-6-10(9)15-13-11/h1-2,5-6,8H,3-4,7H2,(H,12,13). The molecule has 0 radical (unpaired) electrons. The molecule has 0 unspecified atom stereocenters. The second kappa shape index (κ2) is 4.59. The van der Waals surface area contributed by atoms with Gasteiger partial charge in [0.1, 0.15) is 6.29 Å². The van der Waals surface area contributed by atoms with Crippen molar-refractivity contribution in [1.29, 1.82) is 0 Å². The quantitative estimate of drug-likeness (QED) is 0.599. The van der Waals surface area contributed by atoms with Gasteiger partial charge in [0.25, 0.3) is 0 Å². The third kappa shape index (κ3) is 2.15. The Balaban J connectivity index is 2.05. The molecule has 0 aliphatic rings. The van der Waals surface area contributed by atoms with Gasteiger partial charge in [0.15, 0.2) is 11.4 Å². The molecule has 2 rings (SSSR count). The van der Waals surface area contributed by atoms with Gasteiger partial charge >= 0.3 is 0 Å². The van der Waals surface area contributed by atoms with Crippen molar-refractivity contribution in [1.82, 2.24) is 5.16 Å². The van der Waals surface area contributed by atoms with Gasteiger partial charge in [-0.3, -0.25) is 0 Å². The maximum atomic E-state index is 10.1. The van der Waals surface area contributed by atoms with Crippen molar-refractivity contribution < 1.29 is 9.32 Å². The summed E-state index contributed by atoms with van der Waals surface area (Å²) in [5.74, 6) is 0.747. The minimum absolute atomic E-state index is 0.572. The SMILES string of the molecule is O=CCCCNc1noc2ccccc12. The van der Waals surface area contributed by atoms with Gasteiger partial charge in [0.2, 0.25) is 0 Å². The van der Waals surface area contributed by atoms with Gasteiger partial charge < -0.3 is 14.6 Å². The first-order chi connectivity index (χ1) is 7.42. The number of carbonyl (C=O) groups is 1. The fourth-order valence-electron chi connectivity index (χ4n) is 1.41. The van der Waals surface area contributed by atoms with E-state index < -0.39 is 0 Å². The lowest BCUT2D eigenvalue weighted by Crippen LogP contribution is -2.01. The van der Waals surface area contributed by atoms with Crippen molar-refractivity contribution in [2.75, 3.05) is 11.9 Å². The topological polar surface area (TPSA) is 55.1 Å². The van der Waals surface area contributed by atoms with E-state index in [-0.39, 0.29) is 0 Å². The van der Waals surface area contributed by atoms with Crippen molar-refractivity contribution in [2.24, 2.45) is 0 Å². The van der Waals surface area contributed by atoms with Crippen molar-refractivity contribution in [3.63, 3.8) is 0 Å². The maximum Gasteiger partial charge on any atom is 0.177 e. The Bertz CT molecular complexity index is 451. The molecule has 1 heterocycles. The summed E-state index contributed by atoms with van der Waals surface area (Å²) in [5, 5.41) is 8.03. The van der Waals surface area contributed by atoms with Crippen LogP contribution in [0.2, 0.25) is 0 Å². The Kier molecular flexibility index (Phi) is 2.97. The first-order valence-corrected chi connectivity index (χ1v) is 4.94. The van der Waals surface area contributed by atoms with Crippen molar-refractivity contribution in [3.05, 3.63) is 24.3 Å². The summed E-state index contributed by atoms with van der Waals surface area (Å²) in [6.07, 6.45) is 2.30. The minimum atomic E-state index is 0.572. The number of nitrogens with one attached hydrogen (secondary N) is 1. The molecular weight excluding hydrogens is 192 g/mol. The van der Waals surface area contributed by atoms with Crippen LogP contribution in [0.3, 0.4) is 0 Å². The molecule has 4 heteroatoms. The van der Waals surface area contributed by atoms with Crippen molar-refractivity contribution >= 4 is 23.1 Å². The average Bonchev–Trinajstić information content (AvgIpc) is 2.68. The van der Waals surface area contributed by atoms with Crippen molar-refractivity contribution in [2.45, 2.75) is 12.8 Å². The third-order valence-corrected chi connectivity index (χ3v) is 2.17. The molecule has 15 heavy (non-hydrogen) atoms. The Hall–Kier alpha value is -1.84. The zero-order valence-corrected chi connectivity index (χ0v) is 8.27. The van der Waals surface area contributed by atoms with Crippen LogP contribution in [0.15, 0.2) is 28.8 Å². The summed E-state index contributed by atoms with van der Waals surface area (Å²) >= 11 is 0. The van der Waals surface area contributed by atoms with Crippen LogP contribution < -0.4 is 5.32 Å². The monoisotopic (exact) mass is 204 g/mol. The molecule has 1 N–H and O–H groups in total. The normalized spacial score (nSPS) is 10.4. The van der Waals surface area contributed by atoms with Crippen LogP contribution in [0.4, 0.5) is 5.82 Å². The highest BCUT2D eigenvalue weighted by Crippen LogP contribution is 2.21. The zero-order chi connectivity index (χ0) is 10.5. The predicted molar refractivity (Wildman–Crippen MR) is 57.8 cm³/mol. The second-order valence-corrected chi connectivity index (χ2v) is 3.26. The number of carbonyl (C=O) groups excluding carboxylic acids is 1. The second-order valence-electron chi connectivity index (χ2n) is 3.26. The van der Waals surface area contributed by atoms with E-state index >= 15 is 0 Å². The van der Waals surface area contributed by atoms with Crippen molar-refractivity contribution in [3.8, 4) is 0 Å². The van der Waals surface area contributed by atoms with Crippen LogP contribution in [0, 0.1) is 0 Å². The smallest absolute Gasteiger partial charge is 0.177 e. The molecule has 0 saturated carbocycles. The number of aldehydes is 1. The number of hydrogen-bond acceptors (Lipinski definition) is 4. The van der Waals surface area contributed by atoms with E-state index in [0.29, 0.717) is 6.42 Å². The molecule has 0 aliphatic carbocycles. The lowest BCUT2D eigenvalue weighted by molar-refractivity contribution is -0.107. The van der Waals surface area contributed by atoms with Gasteiger partial charge in [-0.15, -0.1) is 0 Å². The minimum Gasteiger partial charge on any atom is -0.367 e. The Morgan fingerprint density at radius 2 is 2.27 bits per heavy atom. The van der Waals surface area contributed by atoms with Gasteiger partial charge in [-0.1, -0.05) is 17.3 Å². The number of unbranched alkanes of at least 4 members (excludes halogenated alkanes) is 1. The molecule has 78 valence electrons. The zero-order valence-electron chi connectivity index (χ0n) is 8.27. The number of hydrogen-bond donors (Lipinski definition) is 1. The molecule has 1 aromatic heterocycles. The number of para-hydroxylation sites is 1. The molecule has 0 spiro atoms. The van der Waals surface area contributed by atoms with E-state index in [4.69, 9.17) is 4.52 Å². The van der Waals surface area contributed by atoms with Crippen LogP contribution in [0.25, 0.3) is 11.0 Å². The number of anilines is 1. The van der Waals surface area contributed by atoms with Crippen LogP contribution in [0.5, 0.6) is 0 Å². The summed E-state index contributed by atoms with van der Waals surface area (Å²) in [5.41, 5.74) is 0.774. The predicted octanol–water partition coefficient (Wildman–Crippen LogP) is 2.22. The Morgan fingerprint density at radius 1 is 1.40 bits per heavy atom. The van der Waals surface area contributed by atoms with Crippen LogP contribution in [-0.4, -0.2) is 18.0 Å². The van der Waals surface area contributed by atoms with Crippen LogP contribution in [-0.2, 0) is 4.79 Å².